The first-order valence-corrected chi connectivity index (χ1v) is 10.0. The molecule has 0 aliphatic heterocycles. The number of ether oxygens (including phenoxy) is 2. The monoisotopic (exact) mass is 416 g/mol. The Morgan fingerprint density at radius 3 is 2.26 bits per heavy atom. The van der Waals surface area contributed by atoms with E-state index in [0.717, 1.165) is 23.3 Å². The van der Waals surface area contributed by atoms with Crippen LogP contribution in [0.1, 0.15) is 34.8 Å². The molecule has 3 aromatic rings. The highest BCUT2D eigenvalue weighted by Crippen LogP contribution is 2.16. The number of esters is 1. The maximum absolute atomic E-state index is 12.3. The first kappa shape index (κ1) is 21.8. The van der Waals surface area contributed by atoms with E-state index >= 15 is 0 Å². The van der Waals surface area contributed by atoms with E-state index in [0.29, 0.717) is 17.9 Å². The molecular weight excluding hydrogens is 392 g/mol. The number of nitrogens with one attached hydrogen (secondary N) is 1. The molecule has 0 aliphatic carbocycles. The second-order valence-electron chi connectivity index (χ2n) is 6.79. The molecule has 1 amide bonds. The molecule has 0 atom stereocenters. The van der Waals surface area contributed by atoms with Crippen molar-refractivity contribution in [1.82, 2.24) is 5.43 Å². The van der Waals surface area contributed by atoms with E-state index < -0.39 is 5.97 Å². The van der Waals surface area contributed by atoms with Gasteiger partial charge >= 0.3 is 5.97 Å². The fourth-order valence-electron chi connectivity index (χ4n) is 2.69. The molecule has 3 rings (SSSR count). The van der Waals surface area contributed by atoms with E-state index in [1.165, 1.54) is 6.21 Å². The molecule has 0 radical (unpaired) electrons. The zero-order chi connectivity index (χ0) is 21.9. The summed E-state index contributed by atoms with van der Waals surface area (Å²) in [7, 11) is 0. The highest BCUT2D eigenvalue weighted by atomic mass is 16.5. The average Bonchev–Trinajstić information content (AvgIpc) is 2.80. The topological polar surface area (TPSA) is 77.0 Å². The Morgan fingerprint density at radius 1 is 0.903 bits per heavy atom. The third-order valence-electron chi connectivity index (χ3n) is 4.26. The van der Waals surface area contributed by atoms with Crippen molar-refractivity contribution >= 4 is 18.1 Å². The number of benzene rings is 3. The van der Waals surface area contributed by atoms with E-state index in [4.69, 9.17) is 9.47 Å². The van der Waals surface area contributed by atoms with Gasteiger partial charge < -0.3 is 9.47 Å². The molecule has 0 heterocycles. The van der Waals surface area contributed by atoms with Crippen LogP contribution in [-0.2, 0) is 11.2 Å². The number of hydrogen-bond acceptors (Lipinski definition) is 5. The summed E-state index contributed by atoms with van der Waals surface area (Å²) in [5.74, 6) is 0.496. The van der Waals surface area contributed by atoms with Gasteiger partial charge in [-0.25, -0.2) is 10.2 Å². The Kier molecular flexibility index (Phi) is 7.94. The number of amides is 1. The molecule has 3 aromatic carbocycles. The summed E-state index contributed by atoms with van der Waals surface area (Å²) < 4.78 is 10.9. The Balaban J connectivity index is 1.48. The summed E-state index contributed by atoms with van der Waals surface area (Å²) in [4.78, 5) is 24.2. The quantitative estimate of drug-likeness (QED) is 0.243. The zero-order valence-corrected chi connectivity index (χ0v) is 17.3. The van der Waals surface area contributed by atoms with Crippen LogP contribution in [0.2, 0.25) is 0 Å². The zero-order valence-electron chi connectivity index (χ0n) is 17.3. The van der Waals surface area contributed by atoms with Crippen LogP contribution in [0.25, 0.3) is 0 Å². The summed E-state index contributed by atoms with van der Waals surface area (Å²) >= 11 is 0. The first-order valence-electron chi connectivity index (χ1n) is 10.0. The van der Waals surface area contributed by atoms with Crippen LogP contribution >= 0.6 is 0 Å². The number of carbonyl (C=O) groups is 2. The molecule has 158 valence electrons. The fraction of sp³-hybridized carbons (Fsp3) is 0.160. The molecule has 0 bridgehead atoms. The Morgan fingerprint density at radius 2 is 1.58 bits per heavy atom. The number of nitrogens with zero attached hydrogens (tertiary/aromatic N) is 1. The lowest BCUT2D eigenvalue weighted by Crippen LogP contribution is -2.19. The SMILES string of the molecule is CCCOc1ccc(C(=O)Oc2ccc(/C=N/NC(=O)Cc3ccccc3)cc2)cc1. The second kappa shape index (κ2) is 11.3. The van der Waals surface area contributed by atoms with Gasteiger partial charge in [0.15, 0.2) is 0 Å². The predicted molar refractivity (Wildman–Crippen MR) is 120 cm³/mol. The molecule has 0 spiro atoms. The summed E-state index contributed by atoms with van der Waals surface area (Å²) in [6, 6.07) is 23.1. The molecular formula is C25H24N2O4. The van der Waals surface area contributed by atoms with Gasteiger partial charge in [-0.1, -0.05) is 37.3 Å². The van der Waals surface area contributed by atoms with E-state index in [-0.39, 0.29) is 12.3 Å². The lowest BCUT2D eigenvalue weighted by Gasteiger charge is -2.07. The molecule has 0 aliphatic rings. The third kappa shape index (κ3) is 7.12. The summed E-state index contributed by atoms with van der Waals surface area (Å²) in [5, 5.41) is 3.96. The van der Waals surface area contributed by atoms with Crippen molar-refractivity contribution in [2.75, 3.05) is 6.61 Å². The van der Waals surface area contributed by atoms with Crippen LogP contribution in [0.3, 0.4) is 0 Å². The minimum absolute atomic E-state index is 0.195. The van der Waals surface area contributed by atoms with Crippen molar-refractivity contribution in [1.29, 1.82) is 0 Å². The van der Waals surface area contributed by atoms with Crippen LogP contribution in [0.15, 0.2) is 84.0 Å². The van der Waals surface area contributed by atoms with E-state index in [9.17, 15) is 9.59 Å². The maximum atomic E-state index is 12.3. The van der Waals surface area contributed by atoms with Gasteiger partial charge in [-0.2, -0.15) is 5.10 Å². The standard InChI is InChI=1S/C25H24N2O4/c1-2-16-30-22-14-10-21(11-15-22)25(29)31-23-12-8-20(9-13-23)18-26-27-24(28)17-19-6-4-3-5-7-19/h3-15,18H,2,16-17H2,1H3,(H,27,28)/b26-18+. The minimum atomic E-state index is -0.448. The maximum Gasteiger partial charge on any atom is 0.343 e. The number of rotatable bonds is 9. The van der Waals surface area contributed by atoms with Crippen molar-refractivity contribution in [3.8, 4) is 11.5 Å². The first-order chi connectivity index (χ1) is 15.1. The van der Waals surface area contributed by atoms with E-state index in [1.807, 2.05) is 37.3 Å². The van der Waals surface area contributed by atoms with Crippen molar-refractivity contribution in [3.05, 3.63) is 95.6 Å². The van der Waals surface area contributed by atoms with Crippen molar-refractivity contribution < 1.29 is 19.1 Å². The van der Waals surface area contributed by atoms with Crippen molar-refractivity contribution in [2.45, 2.75) is 19.8 Å². The van der Waals surface area contributed by atoms with Gasteiger partial charge in [-0.3, -0.25) is 4.79 Å². The lowest BCUT2D eigenvalue weighted by molar-refractivity contribution is -0.120. The van der Waals surface area contributed by atoms with Gasteiger partial charge in [-0.05, 0) is 66.1 Å². The molecule has 31 heavy (non-hydrogen) atoms. The van der Waals surface area contributed by atoms with E-state index in [2.05, 4.69) is 10.5 Å². The molecule has 0 aromatic heterocycles. The Bertz CT molecular complexity index is 1010. The molecule has 0 saturated heterocycles. The van der Waals surface area contributed by atoms with Crippen LogP contribution in [0.5, 0.6) is 11.5 Å². The fourth-order valence-corrected chi connectivity index (χ4v) is 2.69. The average molecular weight is 416 g/mol. The van der Waals surface area contributed by atoms with Crippen molar-refractivity contribution in [2.24, 2.45) is 5.10 Å². The van der Waals surface area contributed by atoms with E-state index in [1.54, 1.807) is 48.5 Å². The summed E-state index contributed by atoms with van der Waals surface area (Å²) in [6.45, 7) is 2.67. The highest BCUT2D eigenvalue weighted by Gasteiger charge is 2.09. The normalized spacial score (nSPS) is 10.6. The number of hydrogen-bond donors (Lipinski definition) is 1. The number of hydrazone groups is 1. The summed E-state index contributed by atoms with van der Waals surface area (Å²) in [5.41, 5.74) is 4.62. The minimum Gasteiger partial charge on any atom is -0.494 e. The van der Waals surface area contributed by atoms with Gasteiger partial charge in [-0.15, -0.1) is 0 Å². The summed E-state index contributed by atoms with van der Waals surface area (Å²) in [6.07, 6.45) is 2.72. The Hall–Kier alpha value is -3.93. The highest BCUT2D eigenvalue weighted by molar-refractivity contribution is 5.91. The molecule has 0 saturated carbocycles. The molecule has 6 heteroatoms. The smallest absolute Gasteiger partial charge is 0.343 e. The van der Waals surface area contributed by atoms with Crippen molar-refractivity contribution in [3.63, 3.8) is 0 Å². The van der Waals surface area contributed by atoms with Gasteiger partial charge in [0.1, 0.15) is 11.5 Å². The van der Waals surface area contributed by atoms with Gasteiger partial charge in [0.25, 0.3) is 0 Å². The van der Waals surface area contributed by atoms with Crippen LogP contribution in [0.4, 0.5) is 0 Å². The van der Waals surface area contributed by atoms with Crippen LogP contribution in [0, 0.1) is 0 Å². The van der Waals surface area contributed by atoms with Crippen LogP contribution < -0.4 is 14.9 Å². The van der Waals surface area contributed by atoms with Gasteiger partial charge in [0.05, 0.1) is 24.8 Å². The predicted octanol–water partition coefficient (Wildman–Crippen LogP) is 4.39. The molecule has 0 unspecified atom stereocenters. The van der Waals surface area contributed by atoms with Gasteiger partial charge in [0, 0.05) is 0 Å². The largest absolute Gasteiger partial charge is 0.494 e. The number of carbonyl (C=O) groups excluding carboxylic acids is 2. The van der Waals surface area contributed by atoms with Crippen LogP contribution in [-0.4, -0.2) is 24.7 Å². The third-order valence-corrected chi connectivity index (χ3v) is 4.26. The van der Waals surface area contributed by atoms with Gasteiger partial charge in [0.2, 0.25) is 5.91 Å². The molecule has 0 fully saturated rings. The molecule has 6 nitrogen and oxygen atoms in total. The molecule has 1 N–H and O–H groups in total. The second-order valence-corrected chi connectivity index (χ2v) is 6.79. The Labute approximate surface area is 181 Å². The lowest BCUT2D eigenvalue weighted by atomic mass is 10.1.